The van der Waals surface area contributed by atoms with Crippen LogP contribution in [0, 0.1) is 5.41 Å². The smallest absolute Gasteiger partial charge is 0.142 e. The molecule has 0 unspecified atom stereocenters. The third-order valence-corrected chi connectivity index (χ3v) is 3.72. The van der Waals surface area contributed by atoms with E-state index in [4.69, 9.17) is 11.1 Å². The van der Waals surface area contributed by atoms with Crippen molar-refractivity contribution in [3.05, 3.63) is 16.1 Å². The highest BCUT2D eigenvalue weighted by molar-refractivity contribution is 7.09. The maximum Gasteiger partial charge on any atom is 0.142 e. The van der Waals surface area contributed by atoms with Crippen molar-refractivity contribution >= 4 is 17.2 Å². The van der Waals surface area contributed by atoms with Crippen LogP contribution >= 0.6 is 11.3 Å². The molecule has 16 heavy (non-hydrogen) atoms. The maximum absolute atomic E-state index is 7.31. The Labute approximate surface area is 100.0 Å². The molecule has 1 aliphatic rings. The highest BCUT2D eigenvalue weighted by Crippen LogP contribution is 2.16. The van der Waals surface area contributed by atoms with E-state index >= 15 is 0 Å². The average Bonchev–Trinajstić information content (AvgIpc) is 2.56. The fraction of sp³-hybridized carbons (Fsp3) is 0.636. The van der Waals surface area contributed by atoms with Gasteiger partial charge in [0.1, 0.15) is 16.5 Å². The zero-order valence-electron chi connectivity index (χ0n) is 9.41. The summed E-state index contributed by atoms with van der Waals surface area (Å²) in [5, 5.41) is 10.3. The van der Waals surface area contributed by atoms with Crippen LogP contribution in [0.15, 0.2) is 5.38 Å². The second kappa shape index (κ2) is 5.41. The summed E-state index contributed by atoms with van der Waals surface area (Å²) in [5.74, 6) is 0.0679. The molecule has 1 aromatic heterocycles. The number of nitrogen functional groups attached to an aromatic ring is 1. The number of rotatable bonds is 3. The van der Waals surface area contributed by atoms with E-state index in [9.17, 15) is 0 Å². The normalized spacial score (nSPS) is 18.2. The molecule has 5 heteroatoms. The molecule has 0 saturated carbocycles. The third-order valence-electron chi connectivity index (χ3n) is 2.89. The van der Waals surface area contributed by atoms with Crippen LogP contribution in [0.25, 0.3) is 0 Å². The summed E-state index contributed by atoms with van der Waals surface area (Å²) in [5.41, 5.74) is 6.02. The van der Waals surface area contributed by atoms with Crippen LogP contribution in [0.2, 0.25) is 0 Å². The van der Waals surface area contributed by atoms with Crippen LogP contribution < -0.4 is 5.73 Å². The summed E-state index contributed by atoms with van der Waals surface area (Å²) in [4.78, 5) is 6.82. The van der Waals surface area contributed by atoms with E-state index in [1.54, 1.807) is 11.3 Å². The molecule has 0 radical (unpaired) electrons. The van der Waals surface area contributed by atoms with Gasteiger partial charge in [-0.2, -0.15) is 0 Å². The zero-order valence-corrected chi connectivity index (χ0v) is 10.2. The van der Waals surface area contributed by atoms with Gasteiger partial charge < -0.3 is 5.73 Å². The number of nitrogens with two attached hydrogens (primary N) is 1. The standard InChI is InChI=1S/C11H18N4S/c12-11(13)9-8-16-10(14-9)7-15-5-3-1-2-4-6-15/h8H,1-7H2,(H3,12,13). The molecule has 0 aliphatic carbocycles. The molecule has 1 aliphatic heterocycles. The highest BCUT2D eigenvalue weighted by Gasteiger charge is 2.12. The Morgan fingerprint density at radius 2 is 2.06 bits per heavy atom. The molecular formula is C11H18N4S. The predicted molar refractivity (Wildman–Crippen MR) is 66.9 cm³/mol. The van der Waals surface area contributed by atoms with E-state index in [1.165, 1.54) is 38.8 Å². The molecule has 1 saturated heterocycles. The molecule has 4 nitrogen and oxygen atoms in total. The lowest BCUT2D eigenvalue weighted by atomic mass is 10.2. The van der Waals surface area contributed by atoms with E-state index in [-0.39, 0.29) is 5.84 Å². The van der Waals surface area contributed by atoms with E-state index in [1.807, 2.05) is 5.38 Å². The van der Waals surface area contributed by atoms with E-state index < -0.39 is 0 Å². The highest BCUT2D eigenvalue weighted by atomic mass is 32.1. The minimum atomic E-state index is 0.0679. The second-order valence-electron chi connectivity index (χ2n) is 4.23. The Morgan fingerprint density at radius 3 is 2.62 bits per heavy atom. The minimum absolute atomic E-state index is 0.0679. The fourth-order valence-electron chi connectivity index (χ4n) is 1.99. The number of nitrogens with zero attached hydrogens (tertiary/aromatic N) is 2. The first-order chi connectivity index (χ1) is 7.75. The molecule has 0 spiro atoms. The molecule has 0 aromatic carbocycles. The quantitative estimate of drug-likeness (QED) is 0.623. The van der Waals surface area contributed by atoms with E-state index in [0.29, 0.717) is 5.69 Å². The van der Waals surface area contributed by atoms with Gasteiger partial charge in [-0.25, -0.2) is 4.98 Å². The molecule has 1 fully saturated rings. The van der Waals surface area contributed by atoms with E-state index in [0.717, 1.165) is 11.6 Å². The number of hydrogen-bond acceptors (Lipinski definition) is 4. The Morgan fingerprint density at radius 1 is 1.38 bits per heavy atom. The monoisotopic (exact) mass is 238 g/mol. The molecule has 0 amide bonds. The Balaban J connectivity index is 1.94. The van der Waals surface area contributed by atoms with Gasteiger partial charge in [-0.15, -0.1) is 11.3 Å². The van der Waals surface area contributed by atoms with Crippen LogP contribution in [0.4, 0.5) is 0 Å². The molecule has 0 atom stereocenters. The number of likely N-dealkylation sites (tertiary alicyclic amines) is 1. The lowest BCUT2D eigenvalue weighted by Gasteiger charge is -2.17. The zero-order chi connectivity index (χ0) is 11.4. The maximum atomic E-state index is 7.31. The Kier molecular flexibility index (Phi) is 3.90. The van der Waals surface area contributed by atoms with Crippen molar-refractivity contribution < 1.29 is 0 Å². The van der Waals surface area contributed by atoms with Gasteiger partial charge in [-0.05, 0) is 25.9 Å². The Hall–Kier alpha value is -0.940. The van der Waals surface area contributed by atoms with Crippen LogP contribution in [-0.4, -0.2) is 28.8 Å². The van der Waals surface area contributed by atoms with Gasteiger partial charge in [0.05, 0.1) is 6.54 Å². The lowest BCUT2D eigenvalue weighted by molar-refractivity contribution is 0.276. The van der Waals surface area contributed by atoms with Crippen LogP contribution in [-0.2, 0) is 6.54 Å². The van der Waals surface area contributed by atoms with Gasteiger partial charge in [-0.3, -0.25) is 10.3 Å². The topological polar surface area (TPSA) is 66.0 Å². The van der Waals surface area contributed by atoms with Gasteiger partial charge in [0.25, 0.3) is 0 Å². The molecule has 2 rings (SSSR count). The van der Waals surface area contributed by atoms with Gasteiger partial charge in [-0.1, -0.05) is 12.8 Å². The average molecular weight is 238 g/mol. The van der Waals surface area contributed by atoms with Gasteiger partial charge in [0, 0.05) is 5.38 Å². The fourth-order valence-corrected chi connectivity index (χ4v) is 2.83. The first-order valence-electron chi connectivity index (χ1n) is 5.77. The molecule has 1 aromatic rings. The van der Waals surface area contributed by atoms with Crippen molar-refractivity contribution in [1.29, 1.82) is 5.41 Å². The first kappa shape index (κ1) is 11.5. The van der Waals surface area contributed by atoms with Gasteiger partial charge in [0.15, 0.2) is 0 Å². The van der Waals surface area contributed by atoms with Crippen molar-refractivity contribution in [2.45, 2.75) is 32.2 Å². The summed E-state index contributed by atoms with van der Waals surface area (Å²) in [7, 11) is 0. The summed E-state index contributed by atoms with van der Waals surface area (Å²) in [6, 6.07) is 0. The Bertz CT molecular complexity index is 353. The summed E-state index contributed by atoms with van der Waals surface area (Å²) >= 11 is 1.60. The molecule has 88 valence electrons. The number of amidine groups is 1. The molecule has 0 bridgehead atoms. The number of thiazole rings is 1. The summed E-state index contributed by atoms with van der Waals surface area (Å²) in [6.45, 7) is 3.27. The second-order valence-corrected chi connectivity index (χ2v) is 5.17. The SMILES string of the molecule is N=C(N)c1csc(CN2CCCCCC2)n1. The van der Waals surface area contributed by atoms with Crippen molar-refractivity contribution in [3.8, 4) is 0 Å². The number of nitrogens with one attached hydrogen (secondary N) is 1. The molecular weight excluding hydrogens is 220 g/mol. The largest absolute Gasteiger partial charge is 0.382 e. The lowest BCUT2D eigenvalue weighted by Crippen LogP contribution is -2.24. The first-order valence-corrected chi connectivity index (χ1v) is 6.65. The van der Waals surface area contributed by atoms with E-state index in [2.05, 4.69) is 9.88 Å². The van der Waals surface area contributed by atoms with Crippen LogP contribution in [0.3, 0.4) is 0 Å². The number of aromatic nitrogens is 1. The molecule has 3 N–H and O–H groups in total. The predicted octanol–water partition coefficient (Wildman–Crippen LogP) is 1.80. The van der Waals surface area contributed by atoms with Crippen molar-refractivity contribution in [1.82, 2.24) is 9.88 Å². The minimum Gasteiger partial charge on any atom is -0.382 e. The van der Waals surface area contributed by atoms with Gasteiger partial charge >= 0.3 is 0 Å². The van der Waals surface area contributed by atoms with Crippen molar-refractivity contribution in [3.63, 3.8) is 0 Å². The van der Waals surface area contributed by atoms with Gasteiger partial charge in [0.2, 0.25) is 0 Å². The molecule has 2 heterocycles. The van der Waals surface area contributed by atoms with Crippen molar-refractivity contribution in [2.24, 2.45) is 5.73 Å². The van der Waals surface area contributed by atoms with Crippen LogP contribution in [0.5, 0.6) is 0 Å². The van der Waals surface area contributed by atoms with Crippen LogP contribution in [0.1, 0.15) is 36.4 Å². The van der Waals surface area contributed by atoms with Crippen molar-refractivity contribution in [2.75, 3.05) is 13.1 Å². The summed E-state index contributed by atoms with van der Waals surface area (Å²) < 4.78 is 0. The third kappa shape index (κ3) is 3.02. The summed E-state index contributed by atoms with van der Waals surface area (Å²) in [6.07, 6.45) is 5.30. The number of hydrogen-bond donors (Lipinski definition) is 2.